The molecule has 0 aliphatic heterocycles. The van der Waals surface area contributed by atoms with Crippen molar-refractivity contribution in [3.63, 3.8) is 0 Å². The lowest BCUT2D eigenvalue weighted by molar-refractivity contribution is 0.840. The first kappa shape index (κ1) is 11.4. The van der Waals surface area contributed by atoms with Crippen LogP contribution in [0.3, 0.4) is 0 Å². The predicted molar refractivity (Wildman–Crippen MR) is 67.0 cm³/mol. The molecule has 0 radical (unpaired) electrons. The summed E-state index contributed by atoms with van der Waals surface area (Å²) in [5.41, 5.74) is 1.44. The van der Waals surface area contributed by atoms with E-state index in [1.165, 1.54) is 24.8 Å². The van der Waals surface area contributed by atoms with Crippen LogP contribution < -0.4 is 0 Å². The molecule has 0 heterocycles. The minimum atomic E-state index is 0.954. The van der Waals surface area contributed by atoms with Crippen LogP contribution in [0.5, 0.6) is 0 Å². The summed E-state index contributed by atoms with van der Waals surface area (Å²) in [5, 5.41) is 0. The Bertz CT molecular complexity index is 251. The quantitative estimate of drug-likeness (QED) is 0.407. The Morgan fingerprint density at radius 2 is 1.71 bits per heavy atom. The van der Waals surface area contributed by atoms with Crippen molar-refractivity contribution in [3.05, 3.63) is 48.0 Å². The molecule has 1 aromatic rings. The Balaban J connectivity index is 2.10. The molecule has 0 saturated heterocycles. The summed E-state index contributed by atoms with van der Waals surface area (Å²) in [6, 6.07) is 10.7. The second-order valence-electron chi connectivity index (χ2n) is 3.36. The van der Waals surface area contributed by atoms with Crippen molar-refractivity contribution in [1.29, 1.82) is 0 Å². The van der Waals surface area contributed by atoms with Crippen LogP contribution in [-0.4, -0.2) is 5.75 Å². The number of benzene rings is 1. The van der Waals surface area contributed by atoms with E-state index in [2.05, 4.69) is 55.1 Å². The van der Waals surface area contributed by atoms with Gasteiger partial charge in [0.2, 0.25) is 0 Å². The van der Waals surface area contributed by atoms with Crippen LogP contribution in [0.4, 0.5) is 0 Å². The fraction of sp³-hybridized carbons (Fsp3) is 0.385. The third-order valence-electron chi connectivity index (χ3n) is 2.14. The zero-order chi connectivity index (χ0) is 10.1. The topological polar surface area (TPSA) is 0 Å². The molecule has 0 saturated carbocycles. The minimum Gasteiger partial charge on any atom is -0.179 e. The van der Waals surface area contributed by atoms with E-state index in [0.717, 1.165) is 12.2 Å². The normalized spacial score (nSPS) is 10.9. The van der Waals surface area contributed by atoms with Gasteiger partial charge in [0.15, 0.2) is 0 Å². The minimum absolute atomic E-state index is 0.954. The van der Waals surface area contributed by atoms with E-state index in [1.54, 1.807) is 0 Å². The summed E-state index contributed by atoms with van der Waals surface area (Å²) < 4.78 is 0. The van der Waals surface area contributed by atoms with Gasteiger partial charge in [0, 0.05) is 0 Å². The molecular weight excluding hydrogens is 188 g/mol. The first-order chi connectivity index (χ1) is 6.93. The Kier molecular flexibility index (Phi) is 6.25. The highest BCUT2D eigenvalue weighted by Crippen LogP contribution is 2.04. The standard InChI is InChI=1S/C13H18S/c14-12-8-3-1-2-5-9-13-10-6-4-7-11-13/h1,3-4,6-7,10-11,14H,2,5,8-9,12H2. The van der Waals surface area contributed by atoms with Crippen molar-refractivity contribution >= 4 is 12.6 Å². The number of unbranched alkanes of at least 4 members (excludes halogenated alkanes) is 1. The third kappa shape index (κ3) is 5.13. The third-order valence-corrected chi connectivity index (χ3v) is 2.40. The summed E-state index contributed by atoms with van der Waals surface area (Å²) in [6.45, 7) is 0. The van der Waals surface area contributed by atoms with Crippen molar-refractivity contribution in [2.24, 2.45) is 0 Å². The van der Waals surface area contributed by atoms with E-state index in [0.29, 0.717) is 0 Å². The Morgan fingerprint density at radius 1 is 1.00 bits per heavy atom. The van der Waals surface area contributed by atoms with Crippen molar-refractivity contribution in [1.82, 2.24) is 0 Å². The summed E-state index contributed by atoms with van der Waals surface area (Å²) in [4.78, 5) is 0. The van der Waals surface area contributed by atoms with Crippen LogP contribution >= 0.6 is 12.6 Å². The number of allylic oxidation sites excluding steroid dienone is 2. The molecule has 0 fully saturated rings. The van der Waals surface area contributed by atoms with Gasteiger partial charge in [-0.1, -0.05) is 42.5 Å². The number of thiol groups is 1. The van der Waals surface area contributed by atoms with Crippen LogP contribution in [0.15, 0.2) is 42.5 Å². The highest BCUT2D eigenvalue weighted by Gasteiger charge is 1.89. The van der Waals surface area contributed by atoms with E-state index >= 15 is 0 Å². The van der Waals surface area contributed by atoms with Gasteiger partial charge in [-0.25, -0.2) is 0 Å². The number of rotatable bonds is 6. The van der Waals surface area contributed by atoms with Crippen molar-refractivity contribution in [2.45, 2.75) is 25.7 Å². The lowest BCUT2D eigenvalue weighted by Crippen LogP contribution is -1.82. The SMILES string of the molecule is SCCC=CCCCc1ccccc1. The van der Waals surface area contributed by atoms with E-state index in [9.17, 15) is 0 Å². The highest BCUT2D eigenvalue weighted by molar-refractivity contribution is 7.80. The molecule has 1 aromatic carbocycles. The van der Waals surface area contributed by atoms with Gasteiger partial charge in [-0.15, -0.1) is 0 Å². The predicted octanol–water partition coefficient (Wildman–Crippen LogP) is 3.89. The van der Waals surface area contributed by atoms with Crippen molar-refractivity contribution in [2.75, 3.05) is 5.75 Å². The van der Waals surface area contributed by atoms with Crippen LogP contribution in [-0.2, 0) is 6.42 Å². The molecule has 0 aliphatic carbocycles. The molecular formula is C13H18S. The smallest absolute Gasteiger partial charge is 0.00633 e. The molecule has 0 atom stereocenters. The fourth-order valence-corrected chi connectivity index (χ4v) is 1.53. The summed E-state index contributed by atoms with van der Waals surface area (Å²) >= 11 is 4.15. The molecule has 0 spiro atoms. The molecule has 1 rings (SSSR count). The number of aryl methyl sites for hydroxylation is 1. The van der Waals surface area contributed by atoms with Gasteiger partial charge in [0.1, 0.15) is 0 Å². The van der Waals surface area contributed by atoms with Crippen LogP contribution in [0, 0.1) is 0 Å². The Hall–Kier alpha value is -0.690. The molecule has 0 unspecified atom stereocenters. The summed E-state index contributed by atoms with van der Waals surface area (Å²) in [6.07, 6.45) is 9.19. The van der Waals surface area contributed by atoms with E-state index in [-0.39, 0.29) is 0 Å². The maximum Gasteiger partial charge on any atom is -0.00633 e. The van der Waals surface area contributed by atoms with Gasteiger partial charge >= 0.3 is 0 Å². The van der Waals surface area contributed by atoms with Gasteiger partial charge in [-0.2, -0.15) is 12.6 Å². The van der Waals surface area contributed by atoms with Crippen molar-refractivity contribution < 1.29 is 0 Å². The van der Waals surface area contributed by atoms with Gasteiger partial charge in [0.25, 0.3) is 0 Å². The number of hydrogen-bond acceptors (Lipinski definition) is 1. The zero-order valence-corrected chi connectivity index (χ0v) is 9.42. The second kappa shape index (κ2) is 7.69. The van der Waals surface area contributed by atoms with E-state index in [1.807, 2.05) is 0 Å². The molecule has 0 aliphatic rings. The van der Waals surface area contributed by atoms with Crippen LogP contribution in [0.25, 0.3) is 0 Å². The largest absolute Gasteiger partial charge is 0.179 e. The molecule has 0 amide bonds. The first-order valence-electron chi connectivity index (χ1n) is 5.23. The van der Waals surface area contributed by atoms with E-state index in [4.69, 9.17) is 0 Å². The summed E-state index contributed by atoms with van der Waals surface area (Å²) in [7, 11) is 0. The maximum atomic E-state index is 4.15. The summed E-state index contributed by atoms with van der Waals surface area (Å²) in [5.74, 6) is 0.954. The monoisotopic (exact) mass is 206 g/mol. The number of hydrogen-bond donors (Lipinski definition) is 1. The fourth-order valence-electron chi connectivity index (χ4n) is 1.38. The lowest BCUT2D eigenvalue weighted by atomic mass is 10.1. The van der Waals surface area contributed by atoms with Crippen LogP contribution in [0.1, 0.15) is 24.8 Å². The van der Waals surface area contributed by atoms with Crippen LogP contribution in [0.2, 0.25) is 0 Å². The maximum absolute atomic E-state index is 4.15. The van der Waals surface area contributed by atoms with Crippen molar-refractivity contribution in [3.8, 4) is 0 Å². The van der Waals surface area contributed by atoms with Gasteiger partial charge < -0.3 is 0 Å². The van der Waals surface area contributed by atoms with Gasteiger partial charge in [0.05, 0.1) is 0 Å². The molecule has 14 heavy (non-hydrogen) atoms. The molecule has 0 nitrogen and oxygen atoms in total. The van der Waals surface area contributed by atoms with Gasteiger partial charge in [-0.05, 0) is 37.0 Å². The average molecular weight is 206 g/mol. The molecule has 1 heteroatoms. The molecule has 0 N–H and O–H groups in total. The highest BCUT2D eigenvalue weighted by atomic mass is 32.1. The average Bonchev–Trinajstić information content (AvgIpc) is 2.25. The van der Waals surface area contributed by atoms with E-state index < -0.39 is 0 Å². The molecule has 0 aromatic heterocycles. The zero-order valence-electron chi connectivity index (χ0n) is 8.52. The van der Waals surface area contributed by atoms with Gasteiger partial charge in [-0.3, -0.25) is 0 Å². The molecule has 76 valence electrons. The second-order valence-corrected chi connectivity index (χ2v) is 3.81. The Labute approximate surface area is 92.5 Å². The Morgan fingerprint density at radius 3 is 2.43 bits per heavy atom. The first-order valence-corrected chi connectivity index (χ1v) is 5.86. The lowest BCUT2D eigenvalue weighted by Gasteiger charge is -1.97. The molecule has 0 bridgehead atoms.